The first-order valence-corrected chi connectivity index (χ1v) is 7.66. The maximum absolute atomic E-state index is 6.04. The summed E-state index contributed by atoms with van der Waals surface area (Å²) in [5, 5.41) is 2.18. The zero-order valence-electron chi connectivity index (χ0n) is 11.7. The van der Waals surface area contributed by atoms with E-state index in [4.69, 9.17) is 5.73 Å². The molecule has 1 aromatic rings. The fourth-order valence-electron chi connectivity index (χ4n) is 2.84. The average molecular weight is 267 g/mol. The molecule has 0 aromatic carbocycles. The number of likely N-dealkylation sites (N-methyl/N-ethyl adjacent to an activating group) is 1. The van der Waals surface area contributed by atoms with Gasteiger partial charge in [0.1, 0.15) is 0 Å². The van der Waals surface area contributed by atoms with Crippen molar-refractivity contribution in [3.05, 3.63) is 21.9 Å². The molecule has 0 bridgehead atoms. The van der Waals surface area contributed by atoms with Crippen LogP contribution < -0.4 is 5.73 Å². The molecule has 2 rings (SSSR count). The van der Waals surface area contributed by atoms with Crippen molar-refractivity contribution >= 4 is 11.3 Å². The summed E-state index contributed by atoms with van der Waals surface area (Å²) in [7, 11) is 4.37. The molecule has 2 unspecified atom stereocenters. The molecular formula is C14H25N3S. The number of nitrogens with zero attached hydrogens (tertiary/aromatic N) is 2. The van der Waals surface area contributed by atoms with Crippen LogP contribution >= 0.6 is 11.3 Å². The molecular weight excluding hydrogens is 242 g/mol. The Morgan fingerprint density at radius 3 is 2.89 bits per heavy atom. The molecule has 0 aliphatic carbocycles. The van der Waals surface area contributed by atoms with Gasteiger partial charge in [-0.3, -0.25) is 4.90 Å². The van der Waals surface area contributed by atoms with Crippen LogP contribution in [0, 0.1) is 6.92 Å². The van der Waals surface area contributed by atoms with Crippen LogP contribution in [-0.4, -0.2) is 49.6 Å². The molecule has 0 amide bonds. The maximum Gasteiger partial charge on any atom is 0.0567 e. The van der Waals surface area contributed by atoms with Crippen molar-refractivity contribution in [3.63, 3.8) is 0 Å². The Balaban J connectivity index is 2.11. The number of aryl methyl sites for hydroxylation is 1. The number of piperidine rings is 1. The summed E-state index contributed by atoms with van der Waals surface area (Å²) in [6, 6.07) is 3.29. The first kappa shape index (κ1) is 14.0. The summed E-state index contributed by atoms with van der Waals surface area (Å²) in [6.45, 7) is 5.25. The molecule has 0 radical (unpaired) electrons. The second-order valence-electron chi connectivity index (χ2n) is 5.47. The summed E-state index contributed by atoms with van der Waals surface area (Å²) in [6.07, 6.45) is 2.59. The fourth-order valence-corrected chi connectivity index (χ4v) is 3.91. The largest absolute Gasteiger partial charge is 0.329 e. The third kappa shape index (κ3) is 2.94. The van der Waals surface area contributed by atoms with E-state index < -0.39 is 0 Å². The van der Waals surface area contributed by atoms with Gasteiger partial charge in [-0.15, -0.1) is 11.3 Å². The second-order valence-corrected chi connectivity index (χ2v) is 6.42. The van der Waals surface area contributed by atoms with Gasteiger partial charge < -0.3 is 10.6 Å². The van der Waals surface area contributed by atoms with Gasteiger partial charge in [-0.25, -0.2) is 0 Å². The van der Waals surface area contributed by atoms with E-state index in [0.29, 0.717) is 12.1 Å². The van der Waals surface area contributed by atoms with E-state index >= 15 is 0 Å². The van der Waals surface area contributed by atoms with E-state index in [-0.39, 0.29) is 0 Å². The molecule has 2 atom stereocenters. The highest BCUT2D eigenvalue weighted by Gasteiger charge is 2.28. The lowest BCUT2D eigenvalue weighted by atomic mass is 10.0. The highest BCUT2D eigenvalue weighted by atomic mass is 32.1. The number of hydrogen-bond donors (Lipinski definition) is 1. The third-order valence-corrected chi connectivity index (χ3v) is 5.15. The Morgan fingerprint density at radius 2 is 2.33 bits per heavy atom. The van der Waals surface area contributed by atoms with Crippen LogP contribution in [0.25, 0.3) is 0 Å². The van der Waals surface area contributed by atoms with Gasteiger partial charge >= 0.3 is 0 Å². The van der Waals surface area contributed by atoms with Crippen LogP contribution in [0.4, 0.5) is 0 Å². The lowest BCUT2D eigenvalue weighted by Gasteiger charge is -2.40. The molecule has 1 aliphatic heterocycles. The number of nitrogens with two attached hydrogens (primary N) is 1. The monoisotopic (exact) mass is 267 g/mol. The zero-order valence-corrected chi connectivity index (χ0v) is 12.5. The van der Waals surface area contributed by atoms with E-state index in [9.17, 15) is 0 Å². The highest BCUT2D eigenvalue weighted by Crippen LogP contribution is 2.30. The van der Waals surface area contributed by atoms with Crippen LogP contribution in [0.5, 0.6) is 0 Å². The summed E-state index contributed by atoms with van der Waals surface area (Å²) >= 11 is 1.85. The molecule has 2 heterocycles. The standard InChI is InChI=1S/C14H25N3S/c1-11-6-8-18-14(11)13(9-15)17-7-4-5-12(10-17)16(2)3/h6,8,12-13H,4-5,7,9-10,15H2,1-3H3. The van der Waals surface area contributed by atoms with Crippen LogP contribution in [0.1, 0.15) is 29.3 Å². The lowest BCUT2D eigenvalue weighted by molar-refractivity contribution is 0.0995. The Labute approximate surface area is 115 Å². The quantitative estimate of drug-likeness (QED) is 0.906. The van der Waals surface area contributed by atoms with E-state index in [1.54, 1.807) is 0 Å². The Hall–Kier alpha value is -0.420. The Morgan fingerprint density at radius 1 is 1.56 bits per heavy atom. The number of thiophene rings is 1. The summed E-state index contributed by atoms with van der Waals surface area (Å²) in [4.78, 5) is 6.38. The molecule has 18 heavy (non-hydrogen) atoms. The summed E-state index contributed by atoms with van der Waals surface area (Å²) < 4.78 is 0. The Kier molecular flexibility index (Phi) is 4.78. The SMILES string of the molecule is Cc1ccsc1C(CN)N1CCCC(N(C)C)C1. The van der Waals surface area contributed by atoms with Gasteiger partial charge in [0.15, 0.2) is 0 Å². The first-order valence-electron chi connectivity index (χ1n) is 6.78. The van der Waals surface area contributed by atoms with Crippen LogP contribution in [0.3, 0.4) is 0 Å². The van der Waals surface area contributed by atoms with Crippen molar-refractivity contribution in [2.45, 2.75) is 31.8 Å². The van der Waals surface area contributed by atoms with Gasteiger partial charge in [0.2, 0.25) is 0 Å². The molecule has 3 nitrogen and oxygen atoms in total. The number of hydrogen-bond acceptors (Lipinski definition) is 4. The molecule has 0 saturated carbocycles. The maximum atomic E-state index is 6.04. The van der Waals surface area contributed by atoms with Crippen molar-refractivity contribution in [2.75, 3.05) is 33.7 Å². The van der Waals surface area contributed by atoms with Crippen molar-refractivity contribution in [1.82, 2.24) is 9.80 Å². The molecule has 1 fully saturated rings. The predicted octanol–water partition coefficient (Wildman–Crippen LogP) is 2.08. The minimum Gasteiger partial charge on any atom is -0.329 e. The molecule has 0 spiro atoms. The molecule has 2 N–H and O–H groups in total. The van der Waals surface area contributed by atoms with Crippen molar-refractivity contribution < 1.29 is 0 Å². The molecule has 102 valence electrons. The smallest absolute Gasteiger partial charge is 0.0567 e. The van der Waals surface area contributed by atoms with E-state index in [0.717, 1.165) is 13.1 Å². The van der Waals surface area contributed by atoms with E-state index in [1.807, 2.05) is 11.3 Å². The minimum atomic E-state index is 0.410. The van der Waals surface area contributed by atoms with E-state index in [1.165, 1.54) is 29.8 Å². The average Bonchev–Trinajstić information content (AvgIpc) is 2.77. The van der Waals surface area contributed by atoms with Crippen LogP contribution in [0.2, 0.25) is 0 Å². The number of likely N-dealkylation sites (tertiary alicyclic amines) is 1. The first-order chi connectivity index (χ1) is 8.63. The van der Waals surface area contributed by atoms with Gasteiger partial charge in [0, 0.05) is 24.0 Å². The van der Waals surface area contributed by atoms with Gasteiger partial charge in [0.05, 0.1) is 6.04 Å². The van der Waals surface area contributed by atoms with Gasteiger partial charge in [-0.05, 0) is 57.4 Å². The molecule has 4 heteroatoms. The summed E-state index contributed by atoms with van der Waals surface area (Å²) in [5.41, 5.74) is 7.43. The summed E-state index contributed by atoms with van der Waals surface area (Å²) in [5.74, 6) is 0. The number of rotatable bonds is 4. The van der Waals surface area contributed by atoms with E-state index in [2.05, 4.69) is 42.3 Å². The van der Waals surface area contributed by atoms with Crippen LogP contribution in [0.15, 0.2) is 11.4 Å². The normalized spacial score (nSPS) is 23.5. The Bertz CT molecular complexity index is 375. The van der Waals surface area contributed by atoms with Crippen molar-refractivity contribution in [1.29, 1.82) is 0 Å². The topological polar surface area (TPSA) is 32.5 Å². The van der Waals surface area contributed by atoms with Gasteiger partial charge in [0.25, 0.3) is 0 Å². The van der Waals surface area contributed by atoms with Crippen molar-refractivity contribution in [2.24, 2.45) is 5.73 Å². The van der Waals surface area contributed by atoms with Gasteiger partial charge in [-0.1, -0.05) is 0 Å². The molecule has 1 aromatic heterocycles. The minimum absolute atomic E-state index is 0.410. The lowest BCUT2D eigenvalue weighted by Crippen LogP contribution is -2.47. The second kappa shape index (κ2) is 6.15. The van der Waals surface area contributed by atoms with Gasteiger partial charge in [-0.2, -0.15) is 0 Å². The fraction of sp³-hybridized carbons (Fsp3) is 0.714. The third-order valence-electron chi connectivity index (χ3n) is 4.03. The van der Waals surface area contributed by atoms with Crippen LogP contribution in [-0.2, 0) is 0 Å². The molecule has 1 saturated heterocycles. The van der Waals surface area contributed by atoms with Crippen molar-refractivity contribution in [3.8, 4) is 0 Å². The zero-order chi connectivity index (χ0) is 13.1. The predicted molar refractivity (Wildman–Crippen MR) is 79.1 cm³/mol. The molecule has 1 aliphatic rings. The highest BCUT2D eigenvalue weighted by molar-refractivity contribution is 7.10.